The zero-order valence-corrected chi connectivity index (χ0v) is 8.15. The first-order valence-electron chi connectivity index (χ1n) is 4.00. The van der Waals surface area contributed by atoms with Crippen LogP contribution in [0.4, 0.5) is 0 Å². The summed E-state index contributed by atoms with van der Waals surface area (Å²) in [6.45, 7) is 0.723. The summed E-state index contributed by atoms with van der Waals surface area (Å²) in [5.41, 5.74) is 0. The van der Waals surface area contributed by atoms with Gasteiger partial charge in [0, 0.05) is 25.1 Å². The van der Waals surface area contributed by atoms with Gasteiger partial charge in [-0.3, -0.25) is 4.79 Å². The first-order chi connectivity index (χ1) is 5.81. The lowest BCUT2D eigenvalue weighted by atomic mass is 10.2. The summed E-state index contributed by atoms with van der Waals surface area (Å²) >= 11 is 1.70. The number of rotatable bonds is 7. The van der Waals surface area contributed by atoms with Crippen LogP contribution in [0.5, 0.6) is 0 Å². The predicted molar refractivity (Wildman–Crippen MR) is 51.3 cm³/mol. The van der Waals surface area contributed by atoms with E-state index in [0.29, 0.717) is 19.3 Å². The number of hydrogen-bond donors (Lipinski definition) is 1. The first-order valence-corrected chi connectivity index (χ1v) is 5.40. The van der Waals surface area contributed by atoms with E-state index in [1.807, 2.05) is 6.26 Å². The van der Waals surface area contributed by atoms with Gasteiger partial charge in [0.15, 0.2) is 0 Å². The standard InChI is InChI=1S/C8H15NO2S/c1-12-7-5-9-8(11)4-2-3-6-10/h6H,2-5,7H2,1H3,(H,9,11). The zero-order chi connectivity index (χ0) is 9.23. The van der Waals surface area contributed by atoms with Gasteiger partial charge in [-0.15, -0.1) is 0 Å². The number of amides is 1. The van der Waals surface area contributed by atoms with E-state index < -0.39 is 0 Å². The van der Waals surface area contributed by atoms with Crippen molar-refractivity contribution in [1.29, 1.82) is 0 Å². The summed E-state index contributed by atoms with van der Waals surface area (Å²) in [7, 11) is 0. The molecule has 4 heteroatoms. The average Bonchev–Trinajstić information content (AvgIpc) is 2.06. The molecule has 0 aliphatic carbocycles. The number of thioether (sulfide) groups is 1. The molecule has 0 fully saturated rings. The maximum Gasteiger partial charge on any atom is 0.220 e. The minimum absolute atomic E-state index is 0.0471. The van der Waals surface area contributed by atoms with E-state index in [0.717, 1.165) is 18.6 Å². The normalized spacial score (nSPS) is 9.42. The van der Waals surface area contributed by atoms with E-state index in [-0.39, 0.29) is 5.91 Å². The highest BCUT2D eigenvalue weighted by molar-refractivity contribution is 7.98. The molecule has 0 rings (SSSR count). The van der Waals surface area contributed by atoms with E-state index in [1.54, 1.807) is 11.8 Å². The summed E-state index contributed by atoms with van der Waals surface area (Å²) in [6.07, 6.45) is 4.45. The number of nitrogens with one attached hydrogen (secondary N) is 1. The number of carbonyl (C=O) groups excluding carboxylic acids is 2. The molecule has 0 spiro atoms. The molecule has 1 N–H and O–H groups in total. The lowest BCUT2D eigenvalue weighted by Crippen LogP contribution is -2.25. The van der Waals surface area contributed by atoms with Crippen LogP contribution in [-0.2, 0) is 9.59 Å². The van der Waals surface area contributed by atoms with Crippen LogP contribution < -0.4 is 5.32 Å². The van der Waals surface area contributed by atoms with Crippen LogP contribution in [0.25, 0.3) is 0 Å². The minimum Gasteiger partial charge on any atom is -0.355 e. The fraction of sp³-hybridized carbons (Fsp3) is 0.750. The lowest BCUT2D eigenvalue weighted by molar-refractivity contribution is -0.121. The average molecular weight is 189 g/mol. The largest absolute Gasteiger partial charge is 0.355 e. The molecule has 0 unspecified atom stereocenters. The van der Waals surface area contributed by atoms with Crippen LogP contribution in [0.2, 0.25) is 0 Å². The van der Waals surface area contributed by atoms with Crippen molar-refractivity contribution in [3.63, 3.8) is 0 Å². The molecule has 1 amide bonds. The van der Waals surface area contributed by atoms with Gasteiger partial charge >= 0.3 is 0 Å². The fourth-order valence-electron chi connectivity index (χ4n) is 0.727. The molecule has 0 aromatic heterocycles. The SMILES string of the molecule is CSCCNC(=O)CCCC=O. The molecule has 0 aliphatic rings. The Balaban J connectivity index is 3.15. The third kappa shape index (κ3) is 7.60. The van der Waals surface area contributed by atoms with Crippen LogP contribution in [-0.4, -0.2) is 30.7 Å². The Hall–Kier alpha value is -0.510. The van der Waals surface area contributed by atoms with Crippen LogP contribution in [0.15, 0.2) is 0 Å². The highest BCUT2D eigenvalue weighted by atomic mass is 32.2. The highest BCUT2D eigenvalue weighted by Crippen LogP contribution is 1.92. The zero-order valence-electron chi connectivity index (χ0n) is 7.34. The van der Waals surface area contributed by atoms with E-state index in [1.165, 1.54) is 0 Å². The second-order valence-corrected chi connectivity index (χ2v) is 3.39. The smallest absolute Gasteiger partial charge is 0.220 e. The van der Waals surface area contributed by atoms with Crippen molar-refractivity contribution in [2.24, 2.45) is 0 Å². The van der Waals surface area contributed by atoms with Gasteiger partial charge in [0.1, 0.15) is 6.29 Å². The molecule has 0 aromatic rings. The molecule has 0 saturated carbocycles. The molecule has 0 radical (unpaired) electrons. The molecule has 0 aliphatic heterocycles. The van der Waals surface area contributed by atoms with Crippen LogP contribution in [0, 0.1) is 0 Å². The Bertz CT molecular complexity index is 139. The molecule has 0 atom stereocenters. The Labute approximate surface area is 77.3 Å². The first kappa shape index (κ1) is 11.5. The van der Waals surface area contributed by atoms with Crippen LogP contribution in [0.3, 0.4) is 0 Å². The number of aldehydes is 1. The number of carbonyl (C=O) groups is 2. The van der Waals surface area contributed by atoms with Crippen molar-refractivity contribution in [3.8, 4) is 0 Å². The van der Waals surface area contributed by atoms with E-state index in [9.17, 15) is 9.59 Å². The highest BCUT2D eigenvalue weighted by Gasteiger charge is 1.98. The van der Waals surface area contributed by atoms with Crippen molar-refractivity contribution in [1.82, 2.24) is 5.32 Å². The summed E-state index contributed by atoms with van der Waals surface area (Å²) in [5, 5.41) is 2.77. The molecule has 70 valence electrons. The van der Waals surface area contributed by atoms with Gasteiger partial charge in [0.05, 0.1) is 0 Å². The molecule has 12 heavy (non-hydrogen) atoms. The lowest BCUT2D eigenvalue weighted by Gasteiger charge is -2.01. The maximum absolute atomic E-state index is 11.0. The van der Waals surface area contributed by atoms with Gasteiger partial charge in [-0.2, -0.15) is 11.8 Å². The molecular weight excluding hydrogens is 174 g/mol. The second kappa shape index (κ2) is 8.59. The Morgan fingerprint density at radius 1 is 1.58 bits per heavy atom. The summed E-state index contributed by atoms with van der Waals surface area (Å²) in [6, 6.07) is 0. The topological polar surface area (TPSA) is 46.2 Å². The van der Waals surface area contributed by atoms with Crippen LogP contribution >= 0.6 is 11.8 Å². The Morgan fingerprint density at radius 2 is 2.33 bits per heavy atom. The molecule has 3 nitrogen and oxygen atoms in total. The summed E-state index contributed by atoms with van der Waals surface area (Å²) in [4.78, 5) is 20.9. The summed E-state index contributed by atoms with van der Waals surface area (Å²) in [5.74, 6) is 0.991. The van der Waals surface area contributed by atoms with E-state index >= 15 is 0 Å². The number of hydrogen-bond acceptors (Lipinski definition) is 3. The third-order valence-electron chi connectivity index (χ3n) is 1.35. The maximum atomic E-state index is 11.0. The van der Waals surface area contributed by atoms with Gasteiger partial charge in [-0.1, -0.05) is 0 Å². The Morgan fingerprint density at radius 3 is 2.92 bits per heavy atom. The van der Waals surface area contributed by atoms with Crippen molar-refractivity contribution in [3.05, 3.63) is 0 Å². The van der Waals surface area contributed by atoms with Gasteiger partial charge in [0.25, 0.3) is 0 Å². The molecule has 0 saturated heterocycles. The fourth-order valence-corrected chi connectivity index (χ4v) is 1.03. The van der Waals surface area contributed by atoms with Crippen molar-refractivity contribution >= 4 is 24.0 Å². The van der Waals surface area contributed by atoms with Gasteiger partial charge in [-0.05, 0) is 12.7 Å². The molecule has 0 aromatic carbocycles. The molecule has 0 bridgehead atoms. The predicted octanol–water partition coefficient (Wildman–Crippen LogP) is 0.835. The van der Waals surface area contributed by atoms with Gasteiger partial charge in [0.2, 0.25) is 5.91 Å². The van der Waals surface area contributed by atoms with E-state index in [4.69, 9.17) is 0 Å². The minimum atomic E-state index is 0.0471. The van der Waals surface area contributed by atoms with Crippen LogP contribution in [0.1, 0.15) is 19.3 Å². The van der Waals surface area contributed by atoms with Gasteiger partial charge < -0.3 is 10.1 Å². The molecule has 0 heterocycles. The molecular formula is C8H15NO2S. The summed E-state index contributed by atoms with van der Waals surface area (Å²) < 4.78 is 0. The van der Waals surface area contributed by atoms with Gasteiger partial charge in [-0.25, -0.2) is 0 Å². The van der Waals surface area contributed by atoms with E-state index in [2.05, 4.69) is 5.32 Å². The monoisotopic (exact) mass is 189 g/mol. The van der Waals surface area contributed by atoms with Crippen molar-refractivity contribution < 1.29 is 9.59 Å². The second-order valence-electron chi connectivity index (χ2n) is 2.40. The van der Waals surface area contributed by atoms with Crippen molar-refractivity contribution in [2.45, 2.75) is 19.3 Å². The van der Waals surface area contributed by atoms with Crippen molar-refractivity contribution in [2.75, 3.05) is 18.6 Å². The number of unbranched alkanes of at least 4 members (excludes halogenated alkanes) is 1. The Kier molecular flexibility index (Phi) is 8.22. The third-order valence-corrected chi connectivity index (χ3v) is 1.97. The quantitative estimate of drug-likeness (QED) is 0.477.